The molecule has 0 aromatic heterocycles. The lowest BCUT2D eigenvalue weighted by atomic mass is 10.3. The molecule has 1 aliphatic heterocycles. The summed E-state index contributed by atoms with van der Waals surface area (Å²) in [4.78, 5) is 0. The third kappa shape index (κ3) is 3.27. The van der Waals surface area contributed by atoms with E-state index < -0.39 is 0 Å². The second kappa shape index (κ2) is 5.77. The van der Waals surface area contributed by atoms with Crippen LogP contribution in [-0.2, 0) is 0 Å². The second-order valence-electron chi connectivity index (χ2n) is 4.24. The summed E-state index contributed by atoms with van der Waals surface area (Å²) < 4.78 is 16.7. The Morgan fingerprint density at radius 2 is 2.12 bits per heavy atom. The van der Waals surface area contributed by atoms with E-state index in [1.807, 2.05) is 18.2 Å². The molecule has 1 aliphatic rings. The van der Waals surface area contributed by atoms with Crippen LogP contribution in [0.1, 0.15) is 13.8 Å². The Labute approximate surface area is 102 Å². The van der Waals surface area contributed by atoms with E-state index in [0.717, 1.165) is 23.8 Å². The van der Waals surface area contributed by atoms with Crippen molar-refractivity contribution in [1.82, 2.24) is 5.32 Å². The summed E-state index contributed by atoms with van der Waals surface area (Å²) in [5.41, 5.74) is 0. The normalized spacial score (nSPS) is 13.8. The van der Waals surface area contributed by atoms with Gasteiger partial charge in [0.15, 0.2) is 11.5 Å². The first kappa shape index (κ1) is 12.0. The van der Waals surface area contributed by atoms with E-state index >= 15 is 0 Å². The van der Waals surface area contributed by atoms with Crippen LogP contribution in [0.4, 0.5) is 0 Å². The largest absolute Gasteiger partial charge is 0.488 e. The fourth-order valence-corrected chi connectivity index (χ4v) is 1.67. The van der Waals surface area contributed by atoms with Crippen LogP contribution >= 0.6 is 0 Å². The predicted molar refractivity (Wildman–Crippen MR) is 66.1 cm³/mol. The highest BCUT2D eigenvalue weighted by Crippen LogP contribution is 2.38. The van der Waals surface area contributed by atoms with Crippen molar-refractivity contribution in [2.24, 2.45) is 0 Å². The average Bonchev–Trinajstić information content (AvgIpc) is 2.34. The van der Waals surface area contributed by atoms with Gasteiger partial charge in [0.25, 0.3) is 0 Å². The molecule has 0 fully saturated rings. The molecule has 0 unspecified atom stereocenters. The topological polar surface area (TPSA) is 39.7 Å². The number of fused-ring (bicyclic) bond motifs is 1. The summed E-state index contributed by atoms with van der Waals surface area (Å²) in [5.74, 6) is 2.25. The van der Waals surface area contributed by atoms with Crippen molar-refractivity contribution < 1.29 is 14.2 Å². The Balaban J connectivity index is 1.92. The van der Waals surface area contributed by atoms with Gasteiger partial charge in [0, 0.05) is 12.6 Å². The van der Waals surface area contributed by atoms with Crippen LogP contribution in [0.25, 0.3) is 0 Å². The maximum absolute atomic E-state index is 5.69. The minimum atomic E-state index is 0.475. The van der Waals surface area contributed by atoms with Gasteiger partial charge in [-0.05, 0) is 12.1 Å². The van der Waals surface area contributed by atoms with Crippen molar-refractivity contribution in [2.75, 3.05) is 26.4 Å². The van der Waals surface area contributed by atoms with Gasteiger partial charge in [-0.25, -0.2) is 0 Å². The van der Waals surface area contributed by atoms with Gasteiger partial charge in [-0.15, -0.1) is 0 Å². The Hall–Kier alpha value is -1.42. The molecule has 0 saturated carbocycles. The highest BCUT2D eigenvalue weighted by atomic mass is 16.6. The Kier molecular flexibility index (Phi) is 4.09. The van der Waals surface area contributed by atoms with E-state index in [1.165, 1.54) is 0 Å². The van der Waals surface area contributed by atoms with Crippen molar-refractivity contribution in [3.63, 3.8) is 0 Å². The lowest BCUT2D eigenvalue weighted by Crippen LogP contribution is -2.27. The van der Waals surface area contributed by atoms with Gasteiger partial charge in [-0.2, -0.15) is 0 Å². The van der Waals surface area contributed by atoms with Gasteiger partial charge < -0.3 is 19.5 Å². The van der Waals surface area contributed by atoms with Gasteiger partial charge in [-0.1, -0.05) is 19.9 Å². The molecule has 1 heterocycles. The summed E-state index contributed by atoms with van der Waals surface area (Å²) in [5, 5.41) is 3.30. The Morgan fingerprint density at radius 3 is 2.94 bits per heavy atom. The molecule has 0 aliphatic carbocycles. The van der Waals surface area contributed by atoms with Crippen molar-refractivity contribution in [3.8, 4) is 17.2 Å². The maximum Gasteiger partial charge on any atom is 0.203 e. The lowest BCUT2D eigenvalue weighted by molar-refractivity contribution is 0.162. The maximum atomic E-state index is 5.69. The van der Waals surface area contributed by atoms with E-state index in [1.54, 1.807) is 0 Å². The second-order valence-corrected chi connectivity index (χ2v) is 4.24. The first-order valence-corrected chi connectivity index (χ1v) is 6.02. The molecule has 0 spiro atoms. The minimum absolute atomic E-state index is 0.475. The Bertz CT molecular complexity index is 366. The summed E-state index contributed by atoms with van der Waals surface area (Å²) >= 11 is 0. The zero-order chi connectivity index (χ0) is 12.1. The van der Waals surface area contributed by atoms with Gasteiger partial charge >= 0.3 is 0 Å². The average molecular weight is 237 g/mol. The van der Waals surface area contributed by atoms with Gasteiger partial charge in [0.1, 0.15) is 19.8 Å². The van der Waals surface area contributed by atoms with E-state index in [0.29, 0.717) is 25.9 Å². The first-order chi connectivity index (χ1) is 8.27. The summed E-state index contributed by atoms with van der Waals surface area (Å²) in [6.45, 7) is 6.85. The highest BCUT2D eigenvalue weighted by molar-refractivity contribution is 5.51. The first-order valence-electron chi connectivity index (χ1n) is 6.02. The van der Waals surface area contributed by atoms with Gasteiger partial charge in [0.2, 0.25) is 5.75 Å². The fourth-order valence-electron chi connectivity index (χ4n) is 1.67. The van der Waals surface area contributed by atoms with Crippen molar-refractivity contribution in [1.29, 1.82) is 0 Å². The van der Waals surface area contributed by atoms with Gasteiger partial charge in [-0.3, -0.25) is 0 Å². The van der Waals surface area contributed by atoms with Crippen molar-refractivity contribution >= 4 is 0 Å². The molecule has 2 rings (SSSR count). The zero-order valence-electron chi connectivity index (χ0n) is 10.4. The van der Waals surface area contributed by atoms with Crippen molar-refractivity contribution in [3.05, 3.63) is 18.2 Å². The molecular formula is C13H19NO3. The quantitative estimate of drug-likeness (QED) is 0.793. The smallest absolute Gasteiger partial charge is 0.203 e. The van der Waals surface area contributed by atoms with Crippen LogP contribution in [0.2, 0.25) is 0 Å². The van der Waals surface area contributed by atoms with Crippen LogP contribution in [-0.4, -0.2) is 32.4 Å². The fraction of sp³-hybridized carbons (Fsp3) is 0.538. The number of para-hydroxylation sites is 1. The van der Waals surface area contributed by atoms with Crippen molar-refractivity contribution in [2.45, 2.75) is 19.9 Å². The third-order valence-corrected chi connectivity index (χ3v) is 2.44. The van der Waals surface area contributed by atoms with Crippen LogP contribution in [0.15, 0.2) is 18.2 Å². The summed E-state index contributed by atoms with van der Waals surface area (Å²) in [6, 6.07) is 6.19. The molecule has 0 bridgehead atoms. The molecule has 0 radical (unpaired) electrons. The number of hydrogen-bond donors (Lipinski definition) is 1. The Morgan fingerprint density at radius 1 is 1.29 bits per heavy atom. The third-order valence-electron chi connectivity index (χ3n) is 2.44. The zero-order valence-corrected chi connectivity index (χ0v) is 10.4. The molecule has 0 saturated heterocycles. The molecule has 1 N–H and O–H groups in total. The number of rotatable bonds is 5. The van der Waals surface area contributed by atoms with Crippen LogP contribution in [0.5, 0.6) is 17.2 Å². The molecule has 1 aromatic rings. The van der Waals surface area contributed by atoms with Crippen LogP contribution < -0.4 is 19.5 Å². The summed E-state index contributed by atoms with van der Waals surface area (Å²) in [6.07, 6.45) is 0. The summed E-state index contributed by atoms with van der Waals surface area (Å²) in [7, 11) is 0. The molecule has 4 heteroatoms. The lowest BCUT2D eigenvalue weighted by Gasteiger charge is -2.21. The molecular weight excluding hydrogens is 218 g/mol. The standard InChI is InChI=1S/C13H19NO3/c1-10(2)14-6-7-15-11-4-3-5-12-13(11)17-9-8-16-12/h3-5,10,14H,6-9H2,1-2H3. The van der Waals surface area contributed by atoms with Crippen LogP contribution in [0.3, 0.4) is 0 Å². The van der Waals surface area contributed by atoms with Crippen LogP contribution in [0, 0.1) is 0 Å². The number of ether oxygens (including phenoxy) is 3. The monoisotopic (exact) mass is 237 g/mol. The highest BCUT2D eigenvalue weighted by Gasteiger charge is 2.16. The van der Waals surface area contributed by atoms with E-state index in [-0.39, 0.29) is 0 Å². The number of benzene rings is 1. The molecule has 1 aromatic carbocycles. The predicted octanol–water partition coefficient (Wildman–Crippen LogP) is 1.83. The molecule has 94 valence electrons. The molecule has 0 amide bonds. The van der Waals surface area contributed by atoms with Gasteiger partial charge in [0.05, 0.1) is 0 Å². The minimum Gasteiger partial charge on any atom is -0.488 e. The molecule has 0 atom stereocenters. The number of hydrogen-bond acceptors (Lipinski definition) is 4. The van der Waals surface area contributed by atoms with E-state index in [4.69, 9.17) is 14.2 Å². The number of nitrogens with one attached hydrogen (secondary N) is 1. The molecule has 17 heavy (non-hydrogen) atoms. The molecule has 4 nitrogen and oxygen atoms in total. The SMILES string of the molecule is CC(C)NCCOc1cccc2c1OCCO2. The van der Waals surface area contributed by atoms with E-state index in [9.17, 15) is 0 Å². The van der Waals surface area contributed by atoms with E-state index in [2.05, 4.69) is 19.2 Å².